The first-order chi connectivity index (χ1) is 13.9. The fourth-order valence-corrected chi connectivity index (χ4v) is 4.90. The Kier molecular flexibility index (Phi) is 5.43. The first kappa shape index (κ1) is 19.7. The Bertz CT molecular complexity index is 1110. The quantitative estimate of drug-likeness (QED) is 0.577. The minimum absolute atomic E-state index is 0.0238. The number of nitrogens with zero attached hydrogens (tertiary/aromatic N) is 1. The molecule has 2 aromatic carbocycles. The number of hydrogen-bond acceptors (Lipinski definition) is 4. The van der Waals surface area contributed by atoms with E-state index in [0.29, 0.717) is 11.5 Å². The van der Waals surface area contributed by atoms with Crippen molar-refractivity contribution >= 4 is 44.8 Å². The van der Waals surface area contributed by atoms with Crippen LogP contribution in [0.3, 0.4) is 0 Å². The molecule has 0 radical (unpaired) electrons. The van der Waals surface area contributed by atoms with E-state index in [2.05, 4.69) is 21.2 Å². The first-order valence-corrected chi connectivity index (χ1v) is 10.7. The lowest BCUT2D eigenvalue weighted by Gasteiger charge is -2.16. The number of thiophene rings is 1. The molecule has 148 valence electrons. The van der Waals surface area contributed by atoms with Crippen molar-refractivity contribution in [2.75, 3.05) is 18.9 Å². The Morgan fingerprint density at radius 2 is 2.00 bits per heavy atom. The maximum atomic E-state index is 12.9. The second-order valence-corrected chi connectivity index (χ2v) is 8.89. The van der Waals surface area contributed by atoms with Gasteiger partial charge in [0.25, 0.3) is 5.91 Å². The predicted molar refractivity (Wildman–Crippen MR) is 119 cm³/mol. The molecule has 0 spiro atoms. The molecule has 4 rings (SSSR count). The monoisotopic (exact) mass is 470 g/mol. The van der Waals surface area contributed by atoms with Crippen LogP contribution in [0.15, 0.2) is 53.0 Å². The van der Waals surface area contributed by atoms with Crippen molar-refractivity contribution in [1.82, 2.24) is 4.90 Å². The van der Waals surface area contributed by atoms with E-state index < -0.39 is 0 Å². The summed E-state index contributed by atoms with van der Waals surface area (Å²) >= 11 is 4.85. The first-order valence-electron chi connectivity index (χ1n) is 9.09. The molecule has 0 unspecified atom stereocenters. The molecule has 0 atom stereocenters. The van der Waals surface area contributed by atoms with Gasteiger partial charge in [-0.25, -0.2) is 0 Å². The zero-order chi connectivity index (χ0) is 20.5. The summed E-state index contributed by atoms with van der Waals surface area (Å²) in [7, 11) is 1.64. The van der Waals surface area contributed by atoms with Crippen LogP contribution in [-0.4, -0.2) is 30.3 Å². The van der Waals surface area contributed by atoms with Gasteiger partial charge in [0.15, 0.2) is 0 Å². The van der Waals surface area contributed by atoms with E-state index in [-0.39, 0.29) is 18.4 Å². The number of anilines is 1. The number of nitrogens with one attached hydrogen (secondary N) is 1. The summed E-state index contributed by atoms with van der Waals surface area (Å²) in [4.78, 5) is 28.4. The van der Waals surface area contributed by atoms with Crippen molar-refractivity contribution in [3.63, 3.8) is 0 Å². The second kappa shape index (κ2) is 8.00. The molecule has 0 saturated heterocycles. The van der Waals surface area contributed by atoms with E-state index in [1.807, 2.05) is 55.5 Å². The number of rotatable bonds is 4. The third kappa shape index (κ3) is 4.06. The maximum absolute atomic E-state index is 12.9. The van der Waals surface area contributed by atoms with Crippen LogP contribution in [0.4, 0.5) is 5.69 Å². The number of ether oxygens (including phenoxy) is 1. The summed E-state index contributed by atoms with van der Waals surface area (Å²) < 4.78 is 6.72. The van der Waals surface area contributed by atoms with Crippen molar-refractivity contribution in [2.24, 2.45) is 0 Å². The Morgan fingerprint density at radius 1 is 1.21 bits per heavy atom. The van der Waals surface area contributed by atoms with Crippen LogP contribution in [0.2, 0.25) is 0 Å². The summed E-state index contributed by atoms with van der Waals surface area (Å²) in [5.41, 5.74) is 3.69. The topological polar surface area (TPSA) is 58.6 Å². The number of likely N-dealkylation sites (N-methyl/N-ethyl adjacent to an activating group) is 1. The summed E-state index contributed by atoms with van der Waals surface area (Å²) in [6.45, 7) is 2.35. The molecule has 0 aliphatic carbocycles. The van der Waals surface area contributed by atoms with Crippen LogP contribution in [0, 0.1) is 6.92 Å². The molecule has 29 heavy (non-hydrogen) atoms. The van der Waals surface area contributed by atoms with E-state index in [9.17, 15) is 9.59 Å². The van der Waals surface area contributed by atoms with Gasteiger partial charge in [0, 0.05) is 33.2 Å². The van der Waals surface area contributed by atoms with Gasteiger partial charge in [-0.1, -0.05) is 28.1 Å². The molecule has 1 aromatic heterocycles. The van der Waals surface area contributed by atoms with Gasteiger partial charge in [-0.15, -0.1) is 11.3 Å². The molecule has 7 heteroatoms. The van der Waals surface area contributed by atoms with Gasteiger partial charge >= 0.3 is 0 Å². The number of carbonyl (C=O) groups is 2. The van der Waals surface area contributed by atoms with Gasteiger partial charge in [-0.2, -0.15) is 0 Å². The van der Waals surface area contributed by atoms with Gasteiger partial charge in [0.05, 0.1) is 11.4 Å². The van der Waals surface area contributed by atoms with E-state index in [4.69, 9.17) is 4.74 Å². The molecule has 3 aromatic rings. The van der Waals surface area contributed by atoms with Crippen LogP contribution < -0.4 is 10.1 Å². The molecule has 2 amide bonds. The van der Waals surface area contributed by atoms with Gasteiger partial charge in [-0.05, 0) is 48.9 Å². The third-order valence-electron chi connectivity index (χ3n) is 4.72. The van der Waals surface area contributed by atoms with E-state index in [1.165, 1.54) is 16.2 Å². The number of carbonyl (C=O) groups excluding carboxylic acids is 2. The average molecular weight is 471 g/mol. The van der Waals surface area contributed by atoms with E-state index in [0.717, 1.165) is 37.5 Å². The van der Waals surface area contributed by atoms with Gasteiger partial charge in [-0.3, -0.25) is 9.59 Å². The highest BCUT2D eigenvalue weighted by molar-refractivity contribution is 9.10. The van der Waals surface area contributed by atoms with Crippen molar-refractivity contribution in [3.8, 4) is 16.2 Å². The fraction of sp³-hybridized carbons (Fsp3) is 0.182. The predicted octanol–water partition coefficient (Wildman–Crippen LogP) is 5.09. The summed E-state index contributed by atoms with van der Waals surface area (Å²) in [5, 5.41) is 2.87. The normalized spacial score (nSPS) is 11.8. The molecule has 0 bridgehead atoms. The minimum Gasteiger partial charge on any atom is -0.488 e. The number of para-hydroxylation sites is 1. The summed E-state index contributed by atoms with van der Waals surface area (Å²) in [5.74, 6) is 0.421. The zero-order valence-corrected chi connectivity index (χ0v) is 18.4. The standard InChI is InChI=1S/C22H19BrN2O3S/c1-13-9-15(23)7-8-17(13)24-20(26)11-25(2)22(27)19-10-14-12-28-18-6-4-3-5-16(18)21(14)29-19/h3-10H,11-12H2,1-2H3,(H,24,26). The molecule has 2 heterocycles. The number of halogens is 1. The van der Waals surface area contributed by atoms with Gasteiger partial charge < -0.3 is 15.0 Å². The average Bonchev–Trinajstić information content (AvgIpc) is 3.14. The Labute approximate surface area is 181 Å². The Morgan fingerprint density at radius 3 is 2.79 bits per heavy atom. The molecule has 0 saturated carbocycles. The maximum Gasteiger partial charge on any atom is 0.264 e. The lowest BCUT2D eigenvalue weighted by molar-refractivity contribution is -0.116. The van der Waals surface area contributed by atoms with Crippen LogP contribution >= 0.6 is 27.3 Å². The van der Waals surface area contributed by atoms with Crippen LogP contribution in [-0.2, 0) is 11.4 Å². The van der Waals surface area contributed by atoms with Gasteiger partial charge in [0.1, 0.15) is 12.4 Å². The van der Waals surface area contributed by atoms with Crippen LogP contribution in [0.1, 0.15) is 20.8 Å². The smallest absolute Gasteiger partial charge is 0.264 e. The zero-order valence-electron chi connectivity index (χ0n) is 16.0. The second-order valence-electron chi connectivity index (χ2n) is 6.92. The summed E-state index contributed by atoms with van der Waals surface area (Å²) in [6, 6.07) is 15.3. The third-order valence-corrected chi connectivity index (χ3v) is 6.42. The highest BCUT2D eigenvalue weighted by Crippen LogP contribution is 2.42. The van der Waals surface area contributed by atoms with Crippen LogP contribution in [0.5, 0.6) is 5.75 Å². The van der Waals surface area contributed by atoms with Crippen molar-refractivity contribution in [3.05, 3.63) is 69.0 Å². The lowest BCUT2D eigenvalue weighted by Crippen LogP contribution is -2.34. The lowest BCUT2D eigenvalue weighted by atomic mass is 10.1. The van der Waals surface area contributed by atoms with Gasteiger partial charge in [0.2, 0.25) is 5.91 Å². The molecule has 1 aliphatic heterocycles. The molecule has 1 N–H and O–H groups in total. The highest BCUT2D eigenvalue weighted by Gasteiger charge is 2.24. The highest BCUT2D eigenvalue weighted by atomic mass is 79.9. The number of aryl methyl sites for hydroxylation is 1. The van der Waals surface area contributed by atoms with E-state index in [1.54, 1.807) is 7.05 Å². The molecule has 1 aliphatic rings. The summed E-state index contributed by atoms with van der Waals surface area (Å²) in [6.07, 6.45) is 0. The van der Waals surface area contributed by atoms with E-state index >= 15 is 0 Å². The largest absolute Gasteiger partial charge is 0.488 e. The number of benzene rings is 2. The van der Waals surface area contributed by atoms with Crippen molar-refractivity contribution in [1.29, 1.82) is 0 Å². The number of hydrogen-bond donors (Lipinski definition) is 1. The molecule has 0 fully saturated rings. The molecular formula is C22H19BrN2O3S. The molecular weight excluding hydrogens is 452 g/mol. The Hall–Kier alpha value is -2.64. The van der Waals surface area contributed by atoms with Crippen molar-refractivity contribution < 1.29 is 14.3 Å². The number of fused-ring (bicyclic) bond motifs is 3. The Balaban J connectivity index is 1.46. The molecule has 5 nitrogen and oxygen atoms in total. The SMILES string of the molecule is Cc1cc(Br)ccc1NC(=O)CN(C)C(=O)c1cc2c(s1)-c1ccccc1OC2. The van der Waals surface area contributed by atoms with Crippen LogP contribution in [0.25, 0.3) is 10.4 Å². The number of amides is 2. The minimum atomic E-state index is -0.235. The fourth-order valence-electron chi connectivity index (χ4n) is 3.24. The van der Waals surface area contributed by atoms with Crippen molar-refractivity contribution in [2.45, 2.75) is 13.5 Å².